The number of para-hydroxylation sites is 3. The average molecular weight is 956 g/mol. The molecule has 348 valence electrons. The first kappa shape index (κ1) is 41.4. The first-order valence-electron chi connectivity index (χ1n) is 25.4. The lowest BCUT2D eigenvalue weighted by Crippen LogP contribution is -2.00. The van der Waals surface area contributed by atoms with Crippen molar-refractivity contribution in [2.75, 3.05) is 0 Å². The van der Waals surface area contributed by atoms with Crippen molar-refractivity contribution in [1.82, 2.24) is 24.1 Å². The van der Waals surface area contributed by atoms with E-state index in [4.69, 9.17) is 19.4 Å². The van der Waals surface area contributed by atoms with Gasteiger partial charge >= 0.3 is 0 Å². The Kier molecular flexibility index (Phi) is 8.94. The second kappa shape index (κ2) is 16.2. The number of furan rings is 1. The Bertz CT molecular complexity index is 4900. The van der Waals surface area contributed by atoms with Crippen LogP contribution in [-0.4, -0.2) is 24.1 Å². The number of rotatable bonds is 6. The molecule has 12 aromatic carbocycles. The van der Waals surface area contributed by atoms with Gasteiger partial charge in [-0.3, -0.25) is 0 Å². The molecule has 4 heterocycles. The smallest absolute Gasteiger partial charge is 0.164 e. The lowest BCUT2D eigenvalue weighted by Gasteiger charge is -2.11. The third-order valence-corrected chi connectivity index (χ3v) is 15.3. The molecule has 0 N–H and O–H groups in total. The predicted molar refractivity (Wildman–Crippen MR) is 310 cm³/mol. The summed E-state index contributed by atoms with van der Waals surface area (Å²) in [6.07, 6.45) is 0. The van der Waals surface area contributed by atoms with E-state index in [0.29, 0.717) is 17.5 Å². The van der Waals surface area contributed by atoms with Gasteiger partial charge in [0.05, 0.1) is 27.8 Å². The molecule has 0 aliphatic heterocycles. The van der Waals surface area contributed by atoms with E-state index in [2.05, 4.69) is 252 Å². The van der Waals surface area contributed by atoms with Crippen LogP contribution in [0.5, 0.6) is 0 Å². The molecule has 0 bridgehead atoms. The number of fused-ring (bicyclic) bond motifs is 13. The molecule has 0 atom stereocenters. The monoisotopic (exact) mass is 955 g/mol. The number of hydrogen-bond acceptors (Lipinski definition) is 4. The number of hydrogen-bond donors (Lipinski definition) is 0. The van der Waals surface area contributed by atoms with Crippen LogP contribution in [0.15, 0.2) is 253 Å². The van der Waals surface area contributed by atoms with Gasteiger partial charge in [0, 0.05) is 54.7 Å². The highest BCUT2D eigenvalue weighted by Crippen LogP contribution is 2.43. The third-order valence-electron chi connectivity index (χ3n) is 15.3. The molecule has 4 aromatic heterocycles. The fraction of sp³-hybridized carbons (Fsp3) is 0. The largest absolute Gasteiger partial charge is 0.454 e. The summed E-state index contributed by atoms with van der Waals surface area (Å²) in [6, 6.07) is 88.6. The molecular weight excluding hydrogens is 915 g/mol. The van der Waals surface area contributed by atoms with Crippen LogP contribution in [0.2, 0.25) is 0 Å². The fourth-order valence-corrected chi connectivity index (χ4v) is 11.7. The van der Waals surface area contributed by atoms with Gasteiger partial charge in [-0.05, 0) is 122 Å². The van der Waals surface area contributed by atoms with Crippen molar-refractivity contribution in [3.05, 3.63) is 249 Å². The molecule has 16 rings (SSSR count). The Morgan fingerprint density at radius 1 is 0.280 bits per heavy atom. The standard InChI is InChI=1S/C69H41N5O/c1-3-14-42(15-4-1)43-26-29-45(30-27-43)67-70-68(72-69(71-67)51-32-34-60-56(39-51)53-22-11-12-24-59(53)73(60)52-20-5-2-6-21-52)50-31-28-44-33-35-64-65(55(44)38-50)54-23-13-25-61(66(54)75-64)74-62-40-48-18-9-7-16-46(48)36-57(62)58-37-47-17-8-10-19-49(47)41-63(58)74/h1-41H. The van der Waals surface area contributed by atoms with Gasteiger partial charge in [0.15, 0.2) is 23.1 Å². The summed E-state index contributed by atoms with van der Waals surface area (Å²) in [5.41, 5.74) is 13.3. The maximum absolute atomic E-state index is 7.06. The maximum atomic E-state index is 7.06. The molecule has 0 amide bonds. The second-order valence-corrected chi connectivity index (χ2v) is 19.6. The van der Waals surface area contributed by atoms with Crippen LogP contribution in [0, 0.1) is 0 Å². The molecule has 6 heteroatoms. The van der Waals surface area contributed by atoms with Gasteiger partial charge in [-0.1, -0.05) is 170 Å². The summed E-state index contributed by atoms with van der Waals surface area (Å²) in [4.78, 5) is 15.9. The van der Waals surface area contributed by atoms with Crippen molar-refractivity contribution in [2.24, 2.45) is 0 Å². The quantitative estimate of drug-likeness (QED) is 0.167. The van der Waals surface area contributed by atoms with E-state index in [1.807, 2.05) is 6.07 Å². The summed E-state index contributed by atoms with van der Waals surface area (Å²) in [7, 11) is 0. The topological polar surface area (TPSA) is 61.7 Å². The van der Waals surface area contributed by atoms with Crippen molar-refractivity contribution in [3.63, 3.8) is 0 Å². The Balaban J connectivity index is 0.893. The van der Waals surface area contributed by atoms with E-state index in [0.717, 1.165) is 99.4 Å². The van der Waals surface area contributed by atoms with E-state index in [1.54, 1.807) is 0 Å². The van der Waals surface area contributed by atoms with Gasteiger partial charge in [0.2, 0.25) is 0 Å². The summed E-state index contributed by atoms with van der Waals surface area (Å²) in [5.74, 6) is 1.79. The van der Waals surface area contributed by atoms with E-state index in [-0.39, 0.29) is 0 Å². The predicted octanol–water partition coefficient (Wildman–Crippen LogP) is 18.1. The van der Waals surface area contributed by atoms with Crippen LogP contribution in [0.1, 0.15) is 0 Å². The average Bonchev–Trinajstić information content (AvgIpc) is 4.20. The van der Waals surface area contributed by atoms with Crippen LogP contribution in [0.3, 0.4) is 0 Å². The Labute approximate surface area is 429 Å². The van der Waals surface area contributed by atoms with Crippen molar-refractivity contribution in [1.29, 1.82) is 0 Å². The zero-order chi connectivity index (χ0) is 49.1. The normalized spacial score (nSPS) is 12.0. The molecule has 0 radical (unpaired) electrons. The molecule has 6 nitrogen and oxygen atoms in total. The molecule has 0 spiro atoms. The van der Waals surface area contributed by atoms with Crippen molar-refractivity contribution in [3.8, 4) is 56.7 Å². The SMILES string of the molecule is c1ccc(-c2ccc(-c3nc(-c4ccc5ccc6oc7c(-n8c9cc%10ccccc%10cc9c9cc%10ccccc%10cc98)cccc7c6c5c4)nc(-c4ccc5c(c4)c4ccccc4n5-c4ccccc4)n3)cc2)cc1. The van der Waals surface area contributed by atoms with E-state index in [1.165, 1.54) is 37.7 Å². The summed E-state index contributed by atoms with van der Waals surface area (Å²) < 4.78 is 11.8. The minimum Gasteiger partial charge on any atom is -0.454 e. The first-order valence-corrected chi connectivity index (χ1v) is 25.4. The highest BCUT2D eigenvalue weighted by atomic mass is 16.3. The highest BCUT2D eigenvalue weighted by molar-refractivity contribution is 6.22. The van der Waals surface area contributed by atoms with Crippen molar-refractivity contribution >= 4 is 97.9 Å². The summed E-state index contributed by atoms with van der Waals surface area (Å²) >= 11 is 0. The number of aromatic nitrogens is 5. The molecule has 75 heavy (non-hydrogen) atoms. The van der Waals surface area contributed by atoms with Gasteiger partial charge in [-0.15, -0.1) is 0 Å². The zero-order valence-electron chi connectivity index (χ0n) is 40.3. The lowest BCUT2D eigenvalue weighted by atomic mass is 10.0. The second-order valence-electron chi connectivity index (χ2n) is 19.6. The van der Waals surface area contributed by atoms with Gasteiger partial charge in [0.25, 0.3) is 0 Å². The minimum absolute atomic E-state index is 0.589. The molecule has 0 saturated carbocycles. The summed E-state index contributed by atoms with van der Waals surface area (Å²) in [6.45, 7) is 0. The van der Waals surface area contributed by atoms with E-state index >= 15 is 0 Å². The van der Waals surface area contributed by atoms with Crippen LogP contribution in [0.25, 0.3) is 155 Å². The Hall–Kier alpha value is -10.2. The fourth-order valence-electron chi connectivity index (χ4n) is 11.7. The Morgan fingerprint density at radius 2 is 0.773 bits per heavy atom. The maximum Gasteiger partial charge on any atom is 0.164 e. The molecule has 16 aromatic rings. The van der Waals surface area contributed by atoms with Gasteiger partial charge in [0.1, 0.15) is 5.58 Å². The highest BCUT2D eigenvalue weighted by Gasteiger charge is 2.22. The van der Waals surface area contributed by atoms with E-state index in [9.17, 15) is 0 Å². The molecule has 0 aliphatic rings. The molecule has 0 fully saturated rings. The van der Waals surface area contributed by atoms with Gasteiger partial charge in [-0.2, -0.15) is 0 Å². The van der Waals surface area contributed by atoms with Gasteiger partial charge < -0.3 is 13.6 Å². The van der Waals surface area contributed by atoms with Crippen LogP contribution in [0.4, 0.5) is 0 Å². The number of nitrogens with zero attached hydrogens (tertiary/aromatic N) is 5. The van der Waals surface area contributed by atoms with Crippen LogP contribution in [-0.2, 0) is 0 Å². The third kappa shape index (κ3) is 6.50. The van der Waals surface area contributed by atoms with Gasteiger partial charge in [-0.25, -0.2) is 15.0 Å². The van der Waals surface area contributed by atoms with Crippen molar-refractivity contribution in [2.45, 2.75) is 0 Å². The lowest BCUT2D eigenvalue weighted by molar-refractivity contribution is 0.666. The van der Waals surface area contributed by atoms with E-state index < -0.39 is 0 Å². The minimum atomic E-state index is 0.589. The summed E-state index contributed by atoms with van der Waals surface area (Å²) in [5, 5.41) is 13.8. The number of benzene rings is 12. The zero-order valence-corrected chi connectivity index (χ0v) is 40.3. The molecular formula is C69H41N5O. The first-order chi connectivity index (χ1) is 37.1. The van der Waals surface area contributed by atoms with Crippen LogP contribution >= 0.6 is 0 Å². The molecule has 0 aliphatic carbocycles. The molecule has 0 saturated heterocycles. The molecule has 0 unspecified atom stereocenters. The van der Waals surface area contributed by atoms with Crippen molar-refractivity contribution < 1.29 is 4.42 Å². The van der Waals surface area contributed by atoms with Crippen LogP contribution < -0.4 is 0 Å². The Morgan fingerprint density at radius 3 is 1.47 bits per heavy atom.